The first-order valence-electron chi connectivity index (χ1n) is 8.48. The minimum absolute atomic E-state index is 0.0254. The number of benzene rings is 2. The molecule has 2 aromatic carbocycles. The van der Waals surface area contributed by atoms with Crippen LogP contribution < -0.4 is 5.56 Å². The van der Waals surface area contributed by atoms with Crippen molar-refractivity contribution >= 4 is 16.8 Å². The van der Waals surface area contributed by atoms with Gasteiger partial charge in [0.05, 0.1) is 17.4 Å². The van der Waals surface area contributed by atoms with Gasteiger partial charge in [-0.15, -0.1) is 0 Å². The van der Waals surface area contributed by atoms with Crippen molar-refractivity contribution in [2.24, 2.45) is 0 Å². The van der Waals surface area contributed by atoms with Crippen LogP contribution in [0.1, 0.15) is 24.4 Å². The monoisotopic (exact) mass is 333 g/mol. The number of carbonyl (C=O) groups excluding carboxylic acids is 1. The van der Waals surface area contributed by atoms with E-state index in [1.165, 1.54) is 5.56 Å². The maximum absolute atomic E-state index is 12.8. The first kappa shape index (κ1) is 15.6. The summed E-state index contributed by atoms with van der Waals surface area (Å²) in [5.74, 6) is 0.631. The predicted octanol–water partition coefficient (Wildman–Crippen LogP) is 2.54. The fourth-order valence-electron chi connectivity index (χ4n) is 3.42. The molecule has 0 aliphatic carbocycles. The summed E-state index contributed by atoms with van der Waals surface area (Å²) in [6, 6.07) is 16.9. The molecule has 0 fully saturated rings. The third kappa shape index (κ3) is 2.71. The molecule has 25 heavy (non-hydrogen) atoms. The van der Waals surface area contributed by atoms with Gasteiger partial charge in [-0.05, 0) is 31.0 Å². The molecule has 126 valence electrons. The highest BCUT2D eigenvalue weighted by atomic mass is 16.2. The average Bonchev–Trinajstić information content (AvgIpc) is 2.64. The summed E-state index contributed by atoms with van der Waals surface area (Å²) in [6.45, 7) is 2.77. The van der Waals surface area contributed by atoms with E-state index >= 15 is 0 Å². The topological polar surface area (TPSA) is 55.2 Å². The van der Waals surface area contributed by atoms with Crippen molar-refractivity contribution in [2.45, 2.75) is 25.9 Å². The third-order valence-electron chi connectivity index (χ3n) is 4.78. The lowest BCUT2D eigenvalue weighted by atomic mass is 10.1. The summed E-state index contributed by atoms with van der Waals surface area (Å²) in [6.07, 6.45) is 0.789. The van der Waals surface area contributed by atoms with Crippen LogP contribution in [0.25, 0.3) is 10.9 Å². The van der Waals surface area contributed by atoms with Crippen molar-refractivity contribution in [3.8, 4) is 0 Å². The maximum atomic E-state index is 12.8. The van der Waals surface area contributed by atoms with E-state index in [2.05, 4.69) is 17.1 Å². The highest BCUT2D eigenvalue weighted by Gasteiger charge is 2.31. The van der Waals surface area contributed by atoms with Crippen LogP contribution in [0.2, 0.25) is 0 Å². The molecule has 0 spiro atoms. The van der Waals surface area contributed by atoms with Crippen LogP contribution in [0.15, 0.2) is 59.4 Å². The molecular formula is C20H19N3O2. The second-order valence-electron chi connectivity index (χ2n) is 6.39. The smallest absolute Gasteiger partial charge is 0.262 e. The zero-order valence-electron chi connectivity index (χ0n) is 14.1. The molecule has 0 saturated heterocycles. The minimum Gasteiger partial charge on any atom is -0.333 e. The molecule has 0 unspecified atom stereocenters. The Morgan fingerprint density at radius 1 is 1.04 bits per heavy atom. The number of para-hydroxylation sites is 1. The van der Waals surface area contributed by atoms with Gasteiger partial charge in [0, 0.05) is 6.54 Å². The van der Waals surface area contributed by atoms with Gasteiger partial charge >= 0.3 is 0 Å². The molecule has 1 aliphatic rings. The second kappa shape index (κ2) is 6.16. The van der Waals surface area contributed by atoms with Crippen molar-refractivity contribution in [3.05, 3.63) is 76.3 Å². The SMILES string of the molecule is C[C@H]1C(=O)N(CCc2ccccc2)Cc2nc3ccccc3c(=O)n21. The third-order valence-corrected chi connectivity index (χ3v) is 4.78. The fourth-order valence-corrected chi connectivity index (χ4v) is 3.42. The molecule has 1 amide bonds. The Kier molecular flexibility index (Phi) is 3.84. The van der Waals surface area contributed by atoms with Crippen LogP contribution >= 0.6 is 0 Å². The summed E-state index contributed by atoms with van der Waals surface area (Å²) in [4.78, 5) is 31.9. The van der Waals surface area contributed by atoms with Crippen molar-refractivity contribution < 1.29 is 4.79 Å². The molecular weight excluding hydrogens is 314 g/mol. The van der Waals surface area contributed by atoms with E-state index < -0.39 is 6.04 Å². The van der Waals surface area contributed by atoms with Gasteiger partial charge in [0.15, 0.2) is 0 Å². The number of hydrogen-bond acceptors (Lipinski definition) is 3. The molecule has 3 aromatic rings. The normalized spacial score (nSPS) is 16.9. The van der Waals surface area contributed by atoms with E-state index in [4.69, 9.17) is 0 Å². The zero-order valence-corrected chi connectivity index (χ0v) is 14.1. The molecule has 2 heterocycles. The molecule has 1 atom stereocenters. The largest absolute Gasteiger partial charge is 0.333 e. The zero-order chi connectivity index (χ0) is 17.4. The number of hydrogen-bond donors (Lipinski definition) is 0. The standard InChI is InChI=1S/C20H19N3O2/c1-14-19(24)22(12-11-15-7-3-2-4-8-15)13-18-21-17-10-6-5-9-16(17)20(25)23(14)18/h2-10,14H,11-13H2,1H3/t14-/m0/s1. The molecule has 5 heteroatoms. The van der Waals surface area contributed by atoms with Gasteiger partial charge < -0.3 is 4.90 Å². The molecule has 0 saturated carbocycles. The molecule has 0 bridgehead atoms. The molecule has 0 N–H and O–H groups in total. The van der Waals surface area contributed by atoms with Gasteiger partial charge in [-0.2, -0.15) is 0 Å². The maximum Gasteiger partial charge on any atom is 0.262 e. The molecule has 4 rings (SSSR count). The van der Waals surface area contributed by atoms with E-state index in [0.717, 1.165) is 6.42 Å². The quantitative estimate of drug-likeness (QED) is 0.740. The summed E-state index contributed by atoms with van der Waals surface area (Å²) < 4.78 is 1.55. The van der Waals surface area contributed by atoms with Gasteiger partial charge in [0.25, 0.3) is 5.56 Å². The summed E-state index contributed by atoms with van der Waals surface area (Å²) in [5, 5.41) is 0.559. The number of carbonyl (C=O) groups is 1. The number of aromatic nitrogens is 2. The van der Waals surface area contributed by atoms with E-state index in [9.17, 15) is 9.59 Å². The Bertz CT molecular complexity index is 995. The minimum atomic E-state index is -0.524. The molecule has 0 radical (unpaired) electrons. The summed E-state index contributed by atoms with van der Waals surface area (Å²) in [5.41, 5.74) is 1.74. The summed E-state index contributed by atoms with van der Waals surface area (Å²) in [7, 11) is 0. The van der Waals surface area contributed by atoms with E-state index in [0.29, 0.717) is 29.8 Å². The highest BCUT2D eigenvalue weighted by Crippen LogP contribution is 2.21. The van der Waals surface area contributed by atoms with Crippen molar-refractivity contribution in [1.29, 1.82) is 0 Å². The van der Waals surface area contributed by atoms with Crippen LogP contribution in [-0.2, 0) is 17.8 Å². The van der Waals surface area contributed by atoms with Crippen molar-refractivity contribution in [3.63, 3.8) is 0 Å². The van der Waals surface area contributed by atoms with Crippen LogP contribution in [-0.4, -0.2) is 26.9 Å². The summed E-state index contributed by atoms with van der Waals surface area (Å²) >= 11 is 0. The Morgan fingerprint density at radius 3 is 2.56 bits per heavy atom. The lowest BCUT2D eigenvalue weighted by Gasteiger charge is -2.33. The first-order chi connectivity index (χ1) is 12.1. The van der Waals surface area contributed by atoms with Crippen molar-refractivity contribution in [1.82, 2.24) is 14.5 Å². The Labute approximate surface area is 145 Å². The molecule has 5 nitrogen and oxygen atoms in total. The van der Waals surface area contributed by atoms with Gasteiger partial charge in [-0.25, -0.2) is 4.98 Å². The molecule has 1 aromatic heterocycles. The van der Waals surface area contributed by atoms with Gasteiger partial charge in [-0.1, -0.05) is 42.5 Å². The van der Waals surface area contributed by atoms with E-state index in [-0.39, 0.29) is 11.5 Å². The molecule has 1 aliphatic heterocycles. The number of nitrogens with zero attached hydrogens (tertiary/aromatic N) is 3. The highest BCUT2D eigenvalue weighted by molar-refractivity contribution is 5.83. The second-order valence-corrected chi connectivity index (χ2v) is 6.39. The number of fused-ring (bicyclic) bond motifs is 2. The van der Waals surface area contributed by atoms with Gasteiger partial charge in [0.1, 0.15) is 11.9 Å². The van der Waals surface area contributed by atoms with Gasteiger partial charge in [-0.3, -0.25) is 14.2 Å². The average molecular weight is 333 g/mol. The van der Waals surface area contributed by atoms with E-state index in [1.807, 2.05) is 36.4 Å². The van der Waals surface area contributed by atoms with Crippen molar-refractivity contribution in [2.75, 3.05) is 6.54 Å². The Hall–Kier alpha value is -2.95. The fraction of sp³-hybridized carbons (Fsp3) is 0.250. The number of rotatable bonds is 3. The predicted molar refractivity (Wildman–Crippen MR) is 96.3 cm³/mol. The van der Waals surface area contributed by atoms with Crippen LogP contribution in [0, 0.1) is 0 Å². The lowest BCUT2D eigenvalue weighted by Crippen LogP contribution is -2.47. The van der Waals surface area contributed by atoms with E-state index in [1.54, 1.807) is 22.5 Å². The van der Waals surface area contributed by atoms with Crippen LogP contribution in [0.4, 0.5) is 0 Å². The Morgan fingerprint density at radius 2 is 1.76 bits per heavy atom. The van der Waals surface area contributed by atoms with Crippen LogP contribution in [0.3, 0.4) is 0 Å². The van der Waals surface area contributed by atoms with Gasteiger partial charge in [0.2, 0.25) is 5.91 Å². The Balaban J connectivity index is 1.67. The lowest BCUT2D eigenvalue weighted by molar-refractivity contribution is -0.137. The van der Waals surface area contributed by atoms with Crippen LogP contribution in [0.5, 0.6) is 0 Å². The first-order valence-corrected chi connectivity index (χ1v) is 8.48. The number of amides is 1.